The van der Waals surface area contributed by atoms with Gasteiger partial charge < -0.3 is 0 Å². The molecule has 15 heavy (non-hydrogen) atoms. The lowest BCUT2D eigenvalue weighted by Crippen LogP contribution is -2.12. The fourth-order valence-corrected chi connectivity index (χ4v) is 1.42. The summed E-state index contributed by atoms with van der Waals surface area (Å²) in [5.41, 5.74) is -1.84. The van der Waals surface area contributed by atoms with Gasteiger partial charge in [0.15, 0.2) is 5.78 Å². The van der Waals surface area contributed by atoms with Gasteiger partial charge in [0.05, 0.1) is 11.1 Å². The molecule has 0 aliphatic rings. The highest BCUT2D eigenvalue weighted by Crippen LogP contribution is 2.33. The molecule has 0 fully saturated rings. The first-order chi connectivity index (χ1) is 6.75. The fraction of sp³-hybridized carbons (Fsp3) is 0.300. The van der Waals surface area contributed by atoms with Crippen molar-refractivity contribution >= 4 is 5.78 Å². The normalized spacial score (nSPS) is 11.6. The Hall–Kier alpha value is -1.39. The van der Waals surface area contributed by atoms with E-state index < -0.39 is 28.9 Å². The van der Waals surface area contributed by atoms with Crippen LogP contribution in [0.5, 0.6) is 0 Å². The van der Waals surface area contributed by atoms with E-state index in [0.29, 0.717) is 12.1 Å². The van der Waals surface area contributed by atoms with Gasteiger partial charge >= 0.3 is 6.18 Å². The van der Waals surface area contributed by atoms with Gasteiger partial charge in [0.25, 0.3) is 0 Å². The molecule has 0 saturated carbocycles. The molecule has 1 rings (SSSR count). The summed E-state index contributed by atoms with van der Waals surface area (Å²) in [4.78, 5) is 11.0. The van der Waals surface area contributed by atoms with Crippen LogP contribution in [0, 0.1) is 12.7 Å². The molecule has 0 aliphatic heterocycles. The number of alkyl halides is 3. The van der Waals surface area contributed by atoms with Crippen LogP contribution < -0.4 is 0 Å². The van der Waals surface area contributed by atoms with Gasteiger partial charge in [0.1, 0.15) is 5.82 Å². The van der Waals surface area contributed by atoms with Crippen LogP contribution in [-0.4, -0.2) is 5.78 Å². The van der Waals surface area contributed by atoms with Crippen molar-refractivity contribution < 1.29 is 22.4 Å². The molecule has 0 unspecified atom stereocenters. The van der Waals surface area contributed by atoms with E-state index in [0.717, 1.165) is 13.8 Å². The van der Waals surface area contributed by atoms with Gasteiger partial charge in [-0.15, -0.1) is 0 Å². The standard InChI is InChI=1S/C10H8F4O/c1-5-7(10(12,13)14)3-4-8(11)9(5)6(2)15/h3-4H,1-2H3. The first-order valence-corrected chi connectivity index (χ1v) is 4.12. The monoisotopic (exact) mass is 220 g/mol. The van der Waals surface area contributed by atoms with E-state index in [1.807, 2.05) is 0 Å². The van der Waals surface area contributed by atoms with E-state index in [2.05, 4.69) is 0 Å². The third-order valence-electron chi connectivity index (χ3n) is 2.07. The van der Waals surface area contributed by atoms with Crippen molar-refractivity contribution in [2.24, 2.45) is 0 Å². The molecule has 0 spiro atoms. The molecular weight excluding hydrogens is 212 g/mol. The fourth-order valence-electron chi connectivity index (χ4n) is 1.42. The summed E-state index contributed by atoms with van der Waals surface area (Å²) >= 11 is 0. The maximum absolute atomic E-state index is 13.1. The number of ketones is 1. The number of benzene rings is 1. The van der Waals surface area contributed by atoms with E-state index in [-0.39, 0.29) is 5.56 Å². The summed E-state index contributed by atoms with van der Waals surface area (Å²) in [5, 5.41) is 0. The molecular formula is C10H8F4O. The van der Waals surface area contributed by atoms with Crippen molar-refractivity contribution in [1.82, 2.24) is 0 Å². The molecule has 0 atom stereocenters. The Morgan fingerprint density at radius 3 is 2.20 bits per heavy atom. The van der Waals surface area contributed by atoms with Crippen LogP contribution in [0.3, 0.4) is 0 Å². The zero-order valence-electron chi connectivity index (χ0n) is 8.07. The van der Waals surface area contributed by atoms with Gasteiger partial charge in [-0.05, 0) is 31.5 Å². The van der Waals surface area contributed by atoms with E-state index in [1.165, 1.54) is 0 Å². The summed E-state index contributed by atoms with van der Waals surface area (Å²) in [5.74, 6) is -1.64. The first-order valence-electron chi connectivity index (χ1n) is 4.12. The van der Waals surface area contributed by atoms with Crippen molar-refractivity contribution in [3.8, 4) is 0 Å². The molecule has 0 aliphatic carbocycles. The molecule has 0 saturated heterocycles. The molecule has 0 bridgehead atoms. The van der Waals surface area contributed by atoms with Crippen LogP contribution in [0.15, 0.2) is 12.1 Å². The van der Waals surface area contributed by atoms with Crippen LogP contribution in [0.1, 0.15) is 28.4 Å². The average Bonchev–Trinajstić information content (AvgIpc) is 2.00. The van der Waals surface area contributed by atoms with E-state index >= 15 is 0 Å². The molecule has 82 valence electrons. The zero-order valence-corrected chi connectivity index (χ0v) is 8.07. The molecule has 5 heteroatoms. The van der Waals surface area contributed by atoms with Crippen molar-refractivity contribution in [2.75, 3.05) is 0 Å². The van der Waals surface area contributed by atoms with Crippen molar-refractivity contribution in [1.29, 1.82) is 0 Å². The topological polar surface area (TPSA) is 17.1 Å². The summed E-state index contributed by atoms with van der Waals surface area (Å²) in [6.07, 6.45) is -4.57. The lowest BCUT2D eigenvalue weighted by atomic mass is 9.99. The van der Waals surface area contributed by atoms with E-state index in [9.17, 15) is 22.4 Å². The molecule has 0 aromatic heterocycles. The maximum Gasteiger partial charge on any atom is 0.416 e. The summed E-state index contributed by atoms with van der Waals surface area (Å²) in [6, 6.07) is 1.30. The quantitative estimate of drug-likeness (QED) is 0.524. The molecule has 0 N–H and O–H groups in total. The van der Waals surface area contributed by atoms with Crippen LogP contribution in [0.25, 0.3) is 0 Å². The molecule has 1 nitrogen and oxygen atoms in total. The van der Waals surface area contributed by atoms with Crippen LogP contribution >= 0.6 is 0 Å². The molecule has 0 amide bonds. The number of carbonyl (C=O) groups excluding carboxylic acids is 1. The number of hydrogen-bond donors (Lipinski definition) is 0. The van der Waals surface area contributed by atoms with Crippen LogP contribution in [0.2, 0.25) is 0 Å². The highest BCUT2D eigenvalue weighted by Gasteiger charge is 2.34. The molecule has 0 heterocycles. The largest absolute Gasteiger partial charge is 0.416 e. The van der Waals surface area contributed by atoms with Gasteiger partial charge in [-0.2, -0.15) is 13.2 Å². The van der Waals surface area contributed by atoms with Crippen molar-refractivity contribution in [3.05, 3.63) is 34.6 Å². The van der Waals surface area contributed by atoms with Crippen molar-refractivity contribution in [2.45, 2.75) is 20.0 Å². The smallest absolute Gasteiger partial charge is 0.294 e. The summed E-state index contributed by atoms with van der Waals surface area (Å²) in [7, 11) is 0. The Bertz CT molecular complexity index is 407. The Morgan fingerprint density at radius 1 is 1.27 bits per heavy atom. The molecule has 1 aromatic carbocycles. The lowest BCUT2D eigenvalue weighted by Gasteiger charge is -2.12. The highest BCUT2D eigenvalue weighted by atomic mass is 19.4. The Kier molecular flexibility index (Phi) is 2.83. The minimum atomic E-state index is -4.57. The minimum Gasteiger partial charge on any atom is -0.294 e. The predicted octanol–water partition coefficient (Wildman–Crippen LogP) is 3.36. The maximum atomic E-state index is 13.1. The Balaban J connectivity index is 3.49. The second kappa shape index (κ2) is 3.64. The highest BCUT2D eigenvalue weighted by molar-refractivity contribution is 5.96. The second-order valence-corrected chi connectivity index (χ2v) is 3.15. The van der Waals surface area contributed by atoms with Gasteiger partial charge in [-0.25, -0.2) is 4.39 Å². The minimum absolute atomic E-state index is 0.366. The van der Waals surface area contributed by atoms with Crippen LogP contribution in [-0.2, 0) is 6.18 Å². The van der Waals surface area contributed by atoms with Gasteiger partial charge in [-0.1, -0.05) is 0 Å². The molecule has 1 aromatic rings. The number of carbonyl (C=O) groups is 1. The number of rotatable bonds is 1. The van der Waals surface area contributed by atoms with Gasteiger partial charge in [0.2, 0.25) is 0 Å². The summed E-state index contributed by atoms with van der Waals surface area (Å²) in [6.45, 7) is 2.12. The lowest BCUT2D eigenvalue weighted by molar-refractivity contribution is -0.138. The molecule has 0 radical (unpaired) electrons. The average molecular weight is 220 g/mol. The SMILES string of the molecule is CC(=O)c1c(F)ccc(C(F)(F)F)c1C. The first kappa shape index (κ1) is 11.7. The number of halogens is 4. The van der Waals surface area contributed by atoms with Gasteiger partial charge in [-0.3, -0.25) is 4.79 Å². The summed E-state index contributed by atoms with van der Waals surface area (Å²) < 4.78 is 50.3. The third-order valence-corrected chi connectivity index (χ3v) is 2.07. The van der Waals surface area contributed by atoms with Gasteiger partial charge in [0, 0.05) is 0 Å². The Morgan fingerprint density at radius 2 is 1.80 bits per heavy atom. The van der Waals surface area contributed by atoms with E-state index in [4.69, 9.17) is 0 Å². The number of Topliss-reactive ketones (excluding diaryl/α,β-unsaturated/α-hetero) is 1. The number of hydrogen-bond acceptors (Lipinski definition) is 1. The third kappa shape index (κ3) is 2.16. The Labute approximate surface area is 83.7 Å². The van der Waals surface area contributed by atoms with Crippen LogP contribution in [0.4, 0.5) is 17.6 Å². The van der Waals surface area contributed by atoms with E-state index in [1.54, 1.807) is 0 Å². The predicted molar refractivity (Wildman–Crippen MR) is 46.1 cm³/mol. The zero-order chi connectivity index (χ0) is 11.8. The van der Waals surface area contributed by atoms with Crippen molar-refractivity contribution in [3.63, 3.8) is 0 Å². The second-order valence-electron chi connectivity index (χ2n) is 3.15.